The SMILES string of the molecule is Cc1c(CNC(=O)Nc2ccc(OCC3CCCCO3)cc2)cnn1C. The maximum absolute atomic E-state index is 12.0. The van der Waals surface area contributed by atoms with Crippen LogP contribution in [0, 0.1) is 6.92 Å². The van der Waals surface area contributed by atoms with E-state index >= 15 is 0 Å². The Morgan fingerprint density at radius 3 is 2.81 bits per heavy atom. The molecule has 3 rings (SSSR count). The maximum atomic E-state index is 12.0. The van der Waals surface area contributed by atoms with E-state index in [0.29, 0.717) is 18.8 Å². The smallest absolute Gasteiger partial charge is 0.319 e. The number of nitrogens with zero attached hydrogens (tertiary/aromatic N) is 2. The van der Waals surface area contributed by atoms with Gasteiger partial charge < -0.3 is 20.1 Å². The number of aryl methyl sites for hydroxylation is 1. The number of carbonyl (C=O) groups is 1. The molecule has 26 heavy (non-hydrogen) atoms. The van der Waals surface area contributed by atoms with E-state index in [1.54, 1.807) is 10.9 Å². The summed E-state index contributed by atoms with van der Waals surface area (Å²) < 4.78 is 13.2. The molecule has 0 bridgehead atoms. The normalized spacial score (nSPS) is 16.9. The highest BCUT2D eigenvalue weighted by Crippen LogP contribution is 2.18. The molecule has 2 N–H and O–H groups in total. The lowest BCUT2D eigenvalue weighted by atomic mass is 10.1. The van der Waals surface area contributed by atoms with Gasteiger partial charge in [0.15, 0.2) is 0 Å². The van der Waals surface area contributed by atoms with E-state index in [1.165, 1.54) is 6.42 Å². The zero-order valence-electron chi connectivity index (χ0n) is 15.3. The lowest BCUT2D eigenvalue weighted by Crippen LogP contribution is -2.28. The van der Waals surface area contributed by atoms with Gasteiger partial charge in [-0.05, 0) is 50.5 Å². The molecule has 2 amide bonds. The molecule has 7 heteroatoms. The lowest BCUT2D eigenvalue weighted by molar-refractivity contribution is -0.0110. The predicted molar refractivity (Wildman–Crippen MR) is 99.3 cm³/mol. The van der Waals surface area contributed by atoms with Gasteiger partial charge in [-0.2, -0.15) is 5.10 Å². The maximum Gasteiger partial charge on any atom is 0.319 e. The molecule has 1 unspecified atom stereocenters. The molecular weight excluding hydrogens is 332 g/mol. The standard InChI is InChI=1S/C19H26N4O3/c1-14-15(12-21-23(14)2)11-20-19(24)22-16-6-8-17(9-7-16)26-13-18-5-3-4-10-25-18/h6-9,12,18H,3-5,10-11,13H2,1-2H3,(H2,20,22,24). The van der Waals surface area contributed by atoms with Crippen LogP contribution in [0.3, 0.4) is 0 Å². The molecule has 1 aliphatic heterocycles. The molecule has 2 heterocycles. The van der Waals surface area contributed by atoms with Crippen molar-refractivity contribution in [1.82, 2.24) is 15.1 Å². The fourth-order valence-corrected chi connectivity index (χ4v) is 2.83. The number of nitrogens with one attached hydrogen (secondary N) is 2. The summed E-state index contributed by atoms with van der Waals surface area (Å²) in [7, 11) is 1.88. The van der Waals surface area contributed by atoms with Crippen molar-refractivity contribution >= 4 is 11.7 Å². The first-order valence-corrected chi connectivity index (χ1v) is 8.98. The molecule has 1 saturated heterocycles. The number of hydrogen-bond donors (Lipinski definition) is 2. The van der Waals surface area contributed by atoms with Gasteiger partial charge in [0.25, 0.3) is 0 Å². The van der Waals surface area contributed by atoms with E-state index in [-0.39, 0.29) is 12.1 Å². The van der Waals surface area contributed by atoms with Crippen LogP contribution >= 0.6 is 0 Å². The van der Waals surface area contributed by atoms with E-state index in [0.717, 1.165) is 36.5 Å². The average Bonchev–Trinajstić information content (AvgIpc) is 2.99. The Labute approximate surface area is 153 Å². The van der Waals surface area contributed by atoms with Gasteiger partial charge in [0.1, 0.15) is 12.4 Å². The second kappa shape index (κ2) is 8.71. The first-order valence-electron chi connectivity index (χ1n) is 8.98. The van der Waals surface area contributed by atoms with Crippen molar-refractivity contribution in [3.05, 3.63) is 41.7 Å². The Kier molecular flexibility index (Phi) is 6.12. The average molecular weight is 358 g/mol. The molecule has 1 aliphatic rings. The Morgan fingerprint density at radius 2 is 2.15 bits per heavy atom. The Hall–Kier alpha value is -2.54. The van der Waals surface area contributed by atoms with Crippen molar-refractivity contribution in [2.24, 2.45) is 7.05 Å². The van der Waals surface area contributed by atoms with Crippen LogP contribution in [0.4, 0.5) is 10.5 Å². The molecule has 1 aromatic heterocycles. The number of rotatable bonds is 6. The minimum Gasteiger partial charge on any atom is -0.491 e. The number of anilines is 1. The molecule has 2 aromatic rings. The summed E-state index contributed by atoms with van der Waals surface area (Å²) in [6, 6.07) is 7.10. The van der Waals surface area contributed by atoms with Crippen molar-refractivity contribution in [1.29, 1.82) is 0 Å². The van der Waals surface area contributed by atoms with Gasteiger partial charge in [-0.1, -0.05) is 0 Å². The van der Waals surface area contributed by atoms with Crippen molar-refractivity contribution in [2.45, 2.75) is 38.8 Å². The van der Waals surface area contributed by atoms with Crippen LogP contribution in [-0.4, -0.2) is 35.1 Å². The largest absolute Gasteiger partial charge is 0.491 e. The van der Waals surface area contributed by atoms with Gasteiger partial charge in [0, 0.05) is 37.1 Å². The highest BCUT2D eigenvalue weighted by Gasteiger charge is 2.14. The van der Waals surface area contributed by atoms with Crippen LogP contribution in [-0.2, 0) is 18.3 Å². The van der Waals surface area contributed by atoms with Gasteiger partial charge in [0.2, 0.25) is 0 Å². The molecule has 0 radical (unpaired) electrons. The topological polar surface area (TPSA) is 77.4 Å². The fourth-order valence-electron chi connectivity index (χ4n) is 2.83. The third-order valence-electron chi connectivity index (χ3n) is 4.60. The molecule has 7 nitrogen and oxygen atoms in total. The summed E-state index contributed by atoms with van der Waals surface area (Å²) in [5.41, 5.74) is 2.75. The van der Waals surface area contributed by atoms with Crippen LogP contribution in [0.1, 0.15) is 30.5 Å². The van der Waals surface area contributed by atoms with Crippen molar-refractivity contribution < 1.29 is 14.3 Å². The first-order chi connectivity index (χ1) is 12.6. The summed E-state index contributed by atoms with van der Waals surface area (Å²) in [6.07, 6.45) is 5.33. The van der Waals surface area contributed by atoms with Gasteiger partial charge in [-0.25, -0.2) is 4.79 Å². The lowest BCUT2D eigenvalue weighted by Gasteiger charge is -2.22. The van der Waals surface area contributed by atoms with E-state index < -0.39 is 0 Å². The molecule has 1 atom stereocenters. The first kappa shape index (κ1) is 18.3. The number of urea groups is 1. The Balaban J connectivity index is 1.43. The molecule has 0 spiro atoms. The van der Waals surface area contributed by atoms with Crippen molar-refractivity contribution in [3.8, 4) is 5.75 Å². The van der Waals surface area contributed by atoms with Gasteiger partial charge >= 0.3 is 6.03 Å². The van der Waals surface area contributed by atoms with Crippen LogP contribution in [0.2, 0.25) is 0 Å². The van der Waals surface area contributed by atoms with Gasteiger partial charge in [0.05, 0.1) is 12.3 Å². The third kappa shape index (κ3) is 4.98. The number of amides is 2. The number of hydrogen-bond acceptors (Lipinski definition) is 4. The third-order valence-corrected chi connectivity index (χ3v) is 4.60. The monoisotopic (exact) mass is 358 g/mol. The Morgan fingerprint density at radius 1 is 1.35 bits per heavy atom. The highest BCUT2D eigenvalue weighted by molar-refractivity contribution is 5.89. The quantitative estimate of drug-likeness (QED) is 0.832. The van der Waals surface area contributed by atoms with E-state index in [1.807, 2.05) is 38.2 Å². The van der Waals surface area contributed by atoms with Crippen LogP contribution in [0.15, 0.2) is 30.5 Å². The molecule has 140 valence electrons. The van der Waals surface area contributed by atoms with Gasteiger partial charge in [-0.15, -0.1) is 0 Å². The molecular formula is C19H26N4O3. The van der Waals surface area contributed by atoms with Gasteiger partial charge in [-0.3, -0.25) is 4.68 Å². The van der Waals surface area contributed by atoms with Crippen molar-refractivity contribution in [2.75, 3.05) is 18.5 Å². The summed E-state index contributed by atoms with van der Waals surface area (Å²) in [5.74, 6) is 0.774. The second-order valence-corrected chi connectivity index (χ2v) is 6.51. The summed E-state index contributed by atoms with van der Waals surface area (Å²) in [6.45, 7) is 3.80. The Bertz CT molecular complexity index is 721. The zero-order chi connectivity index (χ0) is 18.4. The van der Waals surface area contributed by atoms with E-state index in [4.69, 9.17) is 9.47 Å². The van der Waals surface area contributed by atoms with Crippen LogP contribution in [0.5, 0.6) is 5.75 Å². The minimum absolute atomic E-state index is 0.184. The van der Waals surface area contributed by atoms with Crippen LogP contribution < -0.4 is 15.4 Å². The van der Waals surface area contributed by atoms with Crippen molar-refractivity contribution in [3.63, 3.8) is 0 Å². The predicted octanol–water partition coefficient (Wildman–Crippen LogP) is 3.00. The number of aromatic nitrogens is 2. The molecule has 1 fully saturated rings. The number of benzene rings is 1. The second-order valence-electron chi connectivity index (χ2n) is 6.51. The minimum atomic E-state index is -0.252. The summed E-state index contributed by atoms with van der Waals surface area (Å²) in [4.78, 5) is 12.0. The van der Waals surface area contributed by atoms with E-state index in [9.17, 15) is 4.79 Å². The summed E-state index contributed by atoms with van der Waals surface area (Å²) >= 11 is 0. The summed E-state index contributed by atoms with van der Waals surface area (Å²) in [5, 5.41) is 9.81. The molecule has 1 aromatic carbocycles. The zero-order valence-corrected chi connectivity index (χ0v) is 15.3. The van der Waals surface area contributed by atoms with Crippen LogP contribution in [0.25, 0.3) is 0 Å². The number of carbonyl (C=O) groups excluding carboxylic acids is 1. The van der Waals surface area contributed by atoms with E-state index in [2.05, 4.69) is 15.7 Å². The molecule has 0 saturated carbocycles. The fraction of sp³-hybridized carbons (Fsp3) is 0.474. The molecule has 0 aliphatic carbocycles. The highest BCUT2D eigenvalue weighted by atomic mass is 16.5. The number of ether oxygens (including phenoxy) is 2.